The highest BCUT2D eigenvalue weighted by atomic mass is 16.2. The van der Waals surface area contributed by atoms with Crippen LogP contribution in [0.2, 0.25) is 0 Å². The third-order valence-corrected chi connectivity index (χ3v) is 6.60. The van der Waals surface area contributed by atoms with Gasteiger partial charge >= 0.3 is 0 Å². The maximum absolute atomic E-state index is 13.5. The fourth-order valence-electron chi connectivity index (χ4n) is 4.99. The largest absolute Gasteiger partial charge is 0.342 e. The number of nitrogens with zero attached hydrogens (tertiary/aromatic N) is 3. The molecule has 1 aliphatic carbocycles. The fraction of sp³-hybridized carbons (Fsp3) is 0.542. The molecule has 7 nitrogen and oxygen atoms in total. The first-order chi connectivity index (χ1) is 14.8. The molecule has 1 spiro atoms. The Labute approximate surface area is 183 Å². The van der Waals surface area contributed by atoms with Crippen LogP contribution >= 0.6 is 0 Å². The van der Waals surface area contributed by atoms with Gasteiger partial charge < -0.3 is 10.2 Å². The van der Waals surface area contributed by atoms with E-state index in [-0.39, 0.29) is 11.4 Å². The molecule has 1 atom stereocenters. The maximum Gasteiger partial charge on any atom is 0.274 e. The Morgan fingerprint density at radius 3 is 2.84 bits per heavy atom. The number of nitrogens with one attached hydrogen (secondary N) is 3. The highest BCUT2D eigenvalue weighted by Crippen LogP contribution is 2.32. The van der Waals surface area contributed by atoms with Gasteiger partial charge in [0.05, 0.1) is 11.1 Å². The molecule has 1 aromatic carbocycles. The highest BCUT2D eigenvalue weighted by molar-refractivity contribution is 6.05. The van der Waals surface area contributed by atoms with Crippen molar-refractivity contribution in [1.82, 2.24) is 20.4 Å². The minimum atomic E-state index is -0.391. The standard InChI is InChI=1S/C24H32N6O/c1-23(2,3)27-22-24(25-14-16-8-4-6-10-18(16)26-22)12-13-30(15-24)21(31)20-17-9-5-7-11-19(17)28-29-20/h4,6,8,10,25H,5,7,9,11-15H2,1-3H3,(H,26,27)(H,28,29)/t24-/m1/s1. The fourth-order valence-corrected chi connectivity index (χ4v) is 4.99. The van der Waals surface area contributed by atoms with Crippen molar-refractivity contribution in [2.75, 3.05) is 18.4 Å². The van der Waals surface area contributed by atoms with Crippen LogP contribution in [-0.2, 0) is 19.4 Å². The van der Waals surface area contributed by atoms with Gasteiger partial charge in [-0.15, -0.1) is 0 Å². The van der Waals surface area contributed by atoms with E-state index in [1.807, 2.05) is 11.0 Å². The number of amides is 1. The number of carbonyl (C=O) groups is 1. The minimum absolute atomic E-state index is 0.0370. The summed E-state index contributed by atoms with van der Waals surface area (Å²) in [4.78, 5) is 20.5. The molecule has 3 N–H and O–H groups in total. The van der Waals surface area contributed by atoms with Crippen molar-refractivity contribution < 1.29 is 4.79 Å². The number of para-hydroxylation sites is 1. The van der Waals surface area contributed by atoms with Gasteiger partial charge in [0.1, 0.15) is 5.84 Å². The van der Waals surface area contributed by atoms with E-state index in [0.29, 0.717) is 18.8 Å². The monoisotopic (exact) mass is 420 g/mol. The SMILES string of the molecule is CC(C)(C)N=C1Nc2ccccc2CN[C@@]12CCN(C(=O)c1n[nH]c3c1CCCC3)C2. The minimum Gasteiger partial charge on any atom is -0.342 e. The molecule has 1 saturated heterocycles. The van der Waals surface area contributed by atoms with Crippen molar-refractivity contribution >= 4 is 17.4 Å². The van der Waals surface area contributed by atoms with Crippen LogP contribution in [0.15, 0.2) is 29.3 Å². The van der Waals surface area contributed by atoms with E-state index in [0.717, 1.165) is 55.0 Å². The lowest BCUT2D eigenvalue weighted by atomic mass is 9.95. The molecule has 5 rings (SSSR count). The lowest BCUT2D eigenvalue weighted by molar-refractivity contribution is 0.0778. The van der Waals surface area contributed by atoms with E-state index < -0.39 is 5.54 Å². The summed E-state index contributed by atoms with van der Waals surface area (Å²) in [5.74, 6) is 0.958. The van der Waals surface area contributed by atoms with Gasteiger partial charge in [-0.3, -0.25) is 20.2 Å². The average Bonchev–Trinajstić information content (AvgIpc) is 3.33. The summed E-state index contributed by atoms with van der Waals surface area (Å²) in [6.45, 7) is 8.35. The maximum atomic E-state index is 13.5. The predicted molar refractivity (Wildman–Crippen MR) is 123 cm³/mol. The zero-order chi connectivity index (χ0) is 21.6. The number of fused-ring (bicyclic) bond motifs is 2. The van der Waals surface area contributed by atoms with Crippen molar-refractivity contribution in [3.05, 3.63) is 46.8 Å². The van der Waals surface area contributed by atoms with Crippen molar-refractivity contribution in [2.24, 2.45) is 4.99 Å². The summed E-state index contributed by atoms with van der Waals surface area (Å²) in [5, 5.41) is 14.9. The molecule has 0 saturated carbocycles. The van der Waals surface area contributed by atoms with Gasteiger partial charge in [-0.25, -0.2) is 0 Å². The lowest BCUT2D eigenvalue weighted by Gasteiger charge is -2.32. The Bertz CT molecular complexity index is 1030. The number of aromatic nitrogens is 2. The summed E-state index contributed by atoms with van der Waals surface area (Å²) in [5.41, 5.74) is 4.57. The van der Waals surface area contributed by atoms with Gasteiger partial charge in [0.25, 0.3) is 5.91 Å². The Balaban J connectivity index is 1.45. The summed E-state index contributed by atoms with van der Waals surface area (Å²) in [6.07, 6.45) is 5.05. The second-order valence-corrected chi connectivity index (χ2v) is 10.1. The van der Waals surface area contributed by atoms with Crippen molar-refractivity contribution in [1.29, 1.82) is 0 Å². The zero-order valence-corrected chi connectivity index (χ0v) is 18.7. The molecule has 1 aromatic heterocycles. The van der Waals surface area contributed by atoms with E-state index >= 15 is 0 Å². The molecule has 164 valence electrons. The van der Waals surface area contributed by atoms with E-state index in [2.05, 4.69) is 59.8 Å². The average molecular weight is 421 g/mol. The normalized spacial score (nSPS) is 24.6. The Hall–Kier alpha value is -2.67. The summed E-state index contributed by atoms with van der Waals surface area (Å²) < 4.78 is 0. The number of hydrogen-bond acceptors (Lipinski definition) is 4. The number of H-pyrrole nitrogens is 1. The van der Waals surface area contributed by atoms with Gasteiger partial charge in [-0.2, -0.15) is 5.10 Å². The number of anilines is 1. The van der Waals surface area contributed by atoms with Gasteiger partial charge in [0, 0.05) is 36.6 Å². The van der Waals surface area contributed by atoms with Crippen LogP contribution in [0.25, 0.3) is 0 Å². The van der Waals surface area contributed by atoms with Crippen LogP contribution in [0, 0.1) is 0 Å². The first-order valence-electron chi connectivity index (χ1n) is 11.4. The molecule has 3 heterocycles. The second-order valence-electron chi connectivity index (χ2n) is 10.1. The molecule has 0 unspecified atom stereocenters. The number of likely N-dealkylation sites (tertiary alicyclic amines) is 1. The van der Waals surface area contributed by atoms with Crippen LogP contribution < -0.4 is 10.6 Å². The van der Waals surface area contributed by atoms with Crippen LogP contribution in [0.5, 0.6) is 0 Å². The molecular formula is C24H32N6O. The summed E-state index contributed by atoms with van der Waals surface area (Å²) in [7, 11) is 0. The number of aromatic amines is 1. The van der Waals surface area contributed by atoms with Crippen molar-refractivity contribution in [2.45, 2.75) is 70.5 Å². The predicted octanol–water partition coefficient (Wildman–Crippen LogP) is 3.29. The van der Waals surface area contributed by atoms with Crippen LogP contribution in [-0.4, -0.2) is 51.0 Å². The third-order valence-electron chi connectivity index (χ3n) is 6.60. The molecule has 31 heavy (non-hydrogen) atoms. The smallest absolute Gasteiger partial charge is 0.274 e. The first-order valence-corrected chi connectivity index (χ1v) is 11.4. The van der Waals surface area contributed by atoms with Gasteiger partial charge in [0.15, 0.2) is 5.69 Å². The van der Waals surface area contributed by atoms with Crippen LogP contribution in [0.4, 0.5) is 5.69 Å². The van der Waals surface area contributed by atoms with E-state index in [4.69, 9.17) is 4.99 Å². The molecule has 7 heteroatoms. The number of amidine groups is 1. The topological polar surface area (TPSA) is 85.4 Å². The summed E-state index contributed by atoms with van der Waals surface area (Å²) in [6, 6.07) is 8.34. The zero-order valence-electron chi connectivity index (χ0n) is 18.7. The van der Waals surface area contributed by atoms with Crippen LogP contribution in [0.1, 0.15) is 67.3 Å². The molecule has 1 fully saturated rings. The highest BCUT2D eigenvalue weighted by Gasteiger charge is 2.46. The summed E-state index contributed by atoms with van der Waals surface area (Å²) >= 11 is 0. The quantitative estimate of drug-likeness (QED) is 0.661. The van der Waals surface area contributed by atoms with E-state index in [1.54, 1.807) is 0 Å². The third kappa shape index (κ3) is 3.76. The van der Waals surface area contributed by atoms with Crippen molar-refractivity contribution in [3.63, 3.8) is 0 Å². The Kier molecular flexibility index (Phi) is 4.88. The van der Waals surface area contributed by atoms with Crippen molar-refractivity contribution in [3.8, 4) is 0 Å². The molecule has 2 aromatic rings. The van der Waals surface area contributed by atoms with Gasteiger partial charge in [0.2, 0.25) is 0 Å². The van der Waals surface area contributed by atoms with Gasteiger partial charge in [-0.05, 0) is 64.5 Å². The number of rotatable bonds is 1. The Morgan fingerprint density at radius 2 is 2.00 bits per heavy atom. The molecule has 1 amide bonds. The first kappa shape index (κ1) is 20.2. The van der Waals surface area contributed by atoms with E-state index in [9.17, 15) is 4.79 Å². The molecule has 3 aliphatic rings. The number of hydrogen-bond donors (Lipinski definition) is 3. The number of benzene rings is 1. The molecule has 0 radical (unpaired) electrons. The Morgan fingerprint density at radius 1 is 1.19 bits per heavy atom. The lowest BCUT2D eigenvalue weighted by Crippen LogP contribution is -2.56. The number of carbonyl (C=O) groups excluding carboxylic acids is 1. The second kappa shape index (κ2) is 7.48. The van der Waals surface area contributed by atoms with E-state index in [1.165, 1.54) is 12.0 Å². The molecular weight excluding hydrogens is 388 g/mol. The number of aliphatic imine (C=N–C) groups is 1. The van der Waals surface area contributed by atoms with Crippen LogP contribution in [0.3, 0.4) is 0 Å². The van der Waals surface area contributed by atoms with Gasteiger partial charge in [-0.1, -0.05) is 18.2 Å². The number of aryl methyl sites for hydroxylation is 1. The molecule has 2 aliphatic heterocycles. The molecule has 0 bridgehead atoms.